The molecule has 0 unspecified atom stereocenters. The van der Waals surface area contributed by atoms with Gasteiger partial charge in [-0.2, -0.15) is 5.26 Å². The van der Waals surface area contributed by atoms with Gasteiger partial charge in [-0.05, 0) is 45.1 Å². The van der Waals surface area contributed by atoms with E-state index in [1.165, 1.54) is 11.8 Å². The zero-order valence-electron chi connectivity index (χ0n) is 15.3. The number of aryl methyl sites for hydroxylation is 1. The van der Waals surface area contributed by atoms with Gasteiger partial charge in [0.1, 0.15) is 5.54 Å². The molecule has 6 nitrogen and oxygen atoms in total. The van der Waals surface area contributed by atoms with Crippen molar-refractivity contribution in [2.45, 2.75) is 50.9 Å². The normalized spacial score (nSPS) is 15.9. The van der Waals surface area contributed by atoms with Crippen molar-refractivity contribution in [2.75, 3.05) is 5.75 Å². The minimum atomic E-state index is -0.762. The Balaban J connectivity index is 1.70. The third kappa shape index (κ3) is 3.75. The van der Waals surface area contributed by atoms with Gasteiger partial charge in [-0.3, -0.25) is 4.79 Å². The molecule has 1 aromatic heterocycles. The molecule has 1 amide bonds. The zero-order chi connectivity index (χ0) is 18.7. The first-order valence-corrected chi connectivity index (χ1v) is 9.81. The van der Waals surface area contributed by atoms with E-state index in [0.717, 1.165) is 36.3 Å². The van der Waals surface area contributed by atoms with Crippen LogP contribution < -0.4 is 5.32 Å². The number of hydrogen-bond donors (Lipinski definition) is 1. The molecule has 0 radical (unpaired) electrons. The summed E-state index contributed by atoms with van der Waals surface area (Å²) in [7, 11) is 0. The number of aromatic nitrogens is 3. The summed E-state index contributed by atoms with van der Waals surface area (Å²) >= 11 is 1.35. The van der Waals surface area contributed by atoms with E-state index in [0.29, 0.717) is 5.16 Å². The molecular weight excluding hydrogens is 346 g/mol. The number of benzene rings is 1. The highest BCUT2D eigenvalue weighted by Crippen LogP contribution is 2.39. The van der Waals surface area contributed by atoms with E-state index in [1.807, 2.05) is 42.7 Å². The Morgan fingerprint density at radius 1 is 1.42 bits per heavy atom. The predicted octanol–water partition coefficient (Wildman–Crippen LogP) is 3.17. The summed E-state index contributed by atoms with van der Waals surface area (Å²) in [5.41, 5.74) is 1.42. The number of amides is 1. The van der Waals surface area contributed by atoms with Gasteiger partial charge in [-0.25, -0.2) is 0 Å². The van der Waals surface area contributed by atoms with E-state index in [-0.39, 0.29) is 17.6 Å². The molecule has 0 spiro atoms. The number of rotatable bonds is 7. The molecule has 0 saturated heterocycles. The van der Waals surface area contributed by atoms with Crippen molar-refractivity contribution in [1.82, 2.24) is 20.1 Å². The van der Waals surface area contributed by atoms with Crippen LogP contribution in [0.3, 0.4) is 0 Å². The molecule has 1 aliphatic carbocycles. The molecule has 2 aromatic rings. The van der Waals surface area contributed by atoms with Crippen LogP contribution in [0.2, 0.25) is 0 Å². The van der Waals surface area contributed by atoms with Gasteiger partial charge in [0.2, 0.25) is 5.91 Å². The van der Waals surface area contributed by atoms with Crippen LogP contribution in [0.5, 0.6) is 0 Å². The molecule has 136 valence electrons. The maximum Gasteiger partial charge on any atom is 0.231 e. The topological polar surface area (TPSA) is 83.6 Å². The Bertz CT molecular complexity index is 852. The lowest BCUT2D eigenvalue weighted by Gasteiger charge is -2.22. The lowest BCUT2D eigenvalue weighted by Crippen LogP contribution is -2.47. The molecule has 1 saturated carbocycles. The Kier molecular flexibility index (Phi) is 5.33. The van der Waals surface area contributed by atoms with Gasteiger partial charge >= 0.3 is 0 Å². The molecule has 0 bridgehead atoms. The van der Waals surface area contributed by atoms with Crippen molar-refractivity contribution in [2.24, 2.45) is 5.92 Å². The van der Waals surface area contributed by atoms with Gasteiger partial charge in [0, 0.05) is 12.1 Å². The first-order valence-electron chi connectivity index (χ1n) is 8.82. The third-order valence-corrected chi connectivity index (χ3v) is 5.74. The maximum atomic E-state index is 12.3. The summed E-state index contributed by atoms with van der Waals surface area (Å²) in [4.78, 5) is 12.3. The molecule has 7 heteroatoms. The fraction of sp³-hybridized carbons (Fsp3) is 0.474. The van der Waals surface area contributed by atoms with Gasteiger partial charge in [0.25, 0.3) is 0 Å². The van der Waals surface area contributed by atoms with Crippen LogP contribution in [-0.2, 0) is 11.3 Å². The van der Waals surface area contributed by atoms with Crippen molar-refractivity contribution in [3.8, 4) is 17.5 Å². The maximum absolute atomic E-state index is 12.3. The molecule has 1 aromatic carbocycles. The molecule has 1 N–H and O–H groups in total. The zero-order valence-corrected chi connectivity index (χ0v) is 16.1. The third-order valence-electron chi connectivity index (χ3n) is 4.78. The molecule has 0 aliphatic heterocycles. The number of nitrogens with zero attached hydrogens (tertiary/aromatic N) is 4. The van der Waals surface area contributed by atoms with Gasteiger partial charge < -0.3 is 9.88 Å². The lowest BCUT2D eigenvalue weighted by molar-refractivity contribution is -0.119. The van der Waals surface area contributed by atoms with E-state index in [2.05, 4.69) is 21.6 Å². The van der Waals surface area contributed by atoms with E-state index >= 15 is 0 Å². The van der Waals surface area contributed by atoms with Crippen LogP contribution in [0.1, 0.15) is 32.3 Å². The Morgan fingerprint density at radius 3 is 2.77 bits per heavy atom. The smallest absolute Gasteiger partial charge is 0.231 e. The van der Waals surface area contributed by atoms with Crippen LogP contribution in [0, 0.1) is 24.2 Å². The van der Waals surface area contributed by atoms with Crippen molar-refractivity contribution in [3.63, 3.8) is 0 Å². The van der Waals surface area contributed by atoms with E-state index < -0.39 is 5.54 Å². The fourth-order valence-electron chi connectivity index (χ4n) is 3.04. The number of carbonyl (C=O) groups is 1. The summed E-state index contributed by atoms with van der Waals surface area (Å²) < 4.78 is 2.02. The molecule has 26 heavy (non-hydrogen) atoms. The monoisotopic (exact) mass is 369 g/mol. The van der Waals surface area contributed by atoms with Crippen molar-refractivity contribution in [3.05, 3.63) is 29.8 Å². The van der Waals surface area contributed by atoms with Crippen molar-refractivity contribution in [1.29, 1.82) is 5.26 Å². The Hall–Kier alpha value is -2.33. The first-order chi connectivity index (χ1) is 12.5. The summed E-state index contributed by atoms with van der Waals surface area (Å²) in [6, 6.07) is 10.3. The van der Waals surface area contributed by atoms with Gasteiger partial charge in [0.05, 0.1) is 11.8 Å². The molecule has 1 atom stereocenters. The number of carbonyl (C=O) groups excluding carboxylic acids is 1. The predicted molar refractivity (Wildman–Crippen MR) is 101 cm³/mol. The van der Waals surface area contributed by atoms with Crippen LogP contribution >= 0.6 is 11.8 Å². The second-order valence-corrected chi connectivity index (χ2v) is 7.73. The summed E-state index contributed by atoms with van der Waals surface area (Å²) in [5.74, 6) is 1.16. The fourth-order valence-corrected chi connectivity index (χ4v) is 3.84. The molecule has 1 aliphatic rings. The summed E-state index contributed by atoms with van der Waals surface area (Å²) in [6.45, 7) is 6.61. The highest BCUT2D eigenvalue weighted by molar-refractivity contribution is 7.99. The van der Waals surface area contributed by atoms with Gasteiger partial charge in [0.15, 0.2) is 11.0 Å². The average Bonchev–Trinajstić information content (AvgIpc) is 3.42. The van der Waals surface area contributed by atoms with E-state index in [4.69, 9.17) is 0 Å². The number of nitrogens with one attached hydrogen (secondary N) is 1. The number of hydrogen-bond acceptors (Lipinski definition) is 5. The van der Waals surface area contributed by atoms with E-state index in [1.54, 1.807) is 6.92 Å². The quantitative estimate of drug-likeness (QED) is 0.758. The van der Waals surface area contributed by atoms with E-state index in [9.17, 15) is 10.1 Å². The van der Waals surface area contributed by atoms with Gasteiger partial charge in [-0.15, -0.1) is 10.2 Å². The number of nitriles is 1. The van der Waals surface area contributed by atoms with Crippen LogP contribution in [0.25, 0.3) is 11.4 Å². The largest absolute Gasteiger partial charge is 0.337 e. The standard InChI is InChI=1S/C19H23N5OS/c1-4-24-17(15-8-6-5-7-13(15)2)22-23-18(24)26-11-16(25)21-19(3,12-20)14-9-10-14/h5-8,14H,4,9-11H2,1-3H3,(H,21,25)/t19-/m0/s1. The minimum absolute atomic E-state index is 0.144. The Labute approximate surface area is 158 Å². The van der Waals surface area contributed by atoms with Crippen LogP contribution in [0.4, 0.5) is 0 Å². The molecule has 1 heterocycles. The summed E-state index contributed by atoms with van der Waals surface area (Å²) in [5, 5.41) is 21.6. The SMILES string of the molecule is CCn1c(SCC(=O)N[C@@](C)(C#N)C2CC2)nnc1-c1ccccc1C. The van der Waals surface area contributed by atoms with Crippen molar-refractivity contribution >= 4 is 17.7 Å². The highest BCUT2D eigenvalue weighted by atomic mass is 32.2. The molecule has 1 fully saturated rings. The minimum Gasteiger partial charge on any atom is -0.337 e. The van der Waals surface area contributed by atoms with Crippen LogP contribution in [-0.4, -0.2) is 32.0 Å². The van der Waals surface area contributed by atoms with Crippen LogP contribution in [0.15, 0.2) is 29.4 Å². The average molecular weight is 369 g/mol. The highest BCUT2D eigenvalue weighted by Gasteiger charge is 2.42. The lowest BCUT2D eigenvalue weighted by atomic mass is 9.98. The second-order valence-electron chi connectivity index (χ2n) is 6.79. The second kappa shape index (κ2) is 7.50. The summed E-state index contributed by atoms with van der Waals surface area (Å²) in [6.07, 6.45) is 2.00. The first kappa shape index (κ1) is 18.5. The molecular formula is C19H23N5OS. The number of thioether (sulfide) groups is 1. The van der Waals surface area contributed by atoms with Crippen molar-refractivity contribution < 1.29 is 4.79 Å². The van der Waals surface area contributed by atoms with Gasteiger partial charge in [-0.1, -0.05) is 36.0 Å². The molecule has 3 rings (SSSR count). The Morgan fingerprint density at radius 2 is 2.15 bits per heavy atom.